The van der Waals surface area contributed by atoms with Gasteiger partial charge in [-0.2, -0.15) is 0 Å². The van der Waals surface area contributed by atoms with Gasteiger partial charge in [-0.1, -0.05) is 244 Å². The summed E-state index contributed by atoms with van der Waals surface area (Å²) in [6.45, 7) is 4.28. The van der Waals surface area contributed by atoms with Crippen molar-refractivity contribution < 1.29 is 42.1 Å². The van der Waals surface area contributed by atoms with Gasteiger partial charge in [-0.3, -0.25) is 14.2 Å². The van der Waals surface area contributed by atoms with Gasteiger partial charge in [0.25, 0.3) is 7.82 Å². The summed E-state index contributed by atoms with van der Waals surface area (Å²) in [6.07, 6.45) is 62.3. The molecule has 70 heavy (non-hydrogen) atoms. The molecule has 0 saturated carbocycles. The van der Waals surface area contributed by atoms with E-state index in [0.29, 0.717) is 17.4 Å². The molecule has 0 heterocycles. The first-order chi connectivity index (χ1) is 34.0. The molecule has 0 fully saturated rings. The summed E-state index contributed by atoms with van der Waals surface area (Å²) >= 11 is 0. The number of nitrogens with zero attached hydrogens (tertiary/aromatic N) is 1. The summed E-state index contributed by atoms with van der Waals surface area (Å²) in [5.41, 5.74) is 0. The lowest BCUT2D eigenvalue weighted by atomic mass is 10.0. The molecule has 2 unspecified atom stereocenters. The lowest BCUT2D eigenvalue weighted by Gasteiger charge is -2.28. The van der Waals surface area contributed by atoms with Crippen molar-refractivity contribution >= 4 is 19.8 Å². The van der Waals surface area contributed by atoms with Gasteiger partial charge in [0.1, 0.15) is 19.8 Å². The van der Waals surface area contributed by atoms with Crippen molar-refractivity contribution in [3.8, 4) is 0 Å². The second-order valence-electron chi connectivity index (χ2n) is 21.7. The predicted octanol–water partition coefficient (Wildman–Crippen LogP) is 18.0. The van der Waals surface area contributed by atoms with Crippen LogP contribution in [0.3, 0.4) is 0 Å². The maximum absolute atomic E-state index is 12.8. The Balaban J connectivity index is 4.10. The number of ether oxygens (including phenoxy) is 2. The molecule has 2 atom stereocenters. The van der Waals surface area contributed by atoms with E-state index in [4.69, 9.17) is 18.5 Å². The Morgan fingerprint density at radius 1 is 0.429 bits per heavy atom. The lowest BCUT2D eigenvalue weighted by Crippen LogP contribution is -2.37. The Kier molecular flexibility index (Phi) is 51.2. The summed E-state index contributed by atoms with van der Waals surface area (Å²) < 4.78 is 34.2. The van der Waals surface area contributed by atoms with Crippen LogP contribution >= 0.6 is 7.82 Å². The Bertz CT molecular complexity index is 1240. The number of unbranched alkanes of at least 4 members (excludes halogenated alkanes) is 38. The van der Waals surface area contributed by atoms with Crippen molar-refractivity contribution in [3.05, 3.63) is 24.3 Å². The molecule has 10 heteroatoms. The highest BCUT2D eigenvalue weighted by Crippen LogP contribution is 2.38. The van der Waals surface area contributed by atoms with Gasteiger partial charge in [0.05, 0.1) is 27.7 Å². The second-order valence-corrected chi connectivity index (χ2v) is 23.1. The molecule has 0 aliphatic rings. The lowest BCUT2D eigenvalue weighted by molar-refractivity contribution is -0.870. The van der Waals surface area contributed by atoms with Crippen molar-refractivity contribution in [3.63, 3.8) is 0 Å². The number of rotatable bonds is 56. The first kappa shape index (κ1) is 68.5. The number of quaternary nitrogens is 1. The van der Waals surface area contributed by atoms with Crippen molar-refractivity contribution in [2.24, 2.45) is 0 Å². The molecule has 0 rings (SSSR count). The van der Waals surface area contributed by atoms with Crippen LogP contribution in [-0.2, 0) is 32.7 Å². The number of carbonyl (C=O) groups excluding carboxylic acids is 2. The number of likely N-dealkylation sites (N-methyl/N-ethyl adjacent to an activating group) is 1. The molecule has 0 aliphatic carbocycles. The van der Waals surface area contributed by atoms with Gasteiger partial charge < -0.3 is 27.9 Å². The van der Waals surface area contributed by atoms with Crippen molar-refractivity contribution in [2.45, 2.75) is 302 Å². The Morgan fingerprint density at radius 2 is 0.729 bits per heavy atom. The molecule has 0 radical (unpaired) electrons. The molecule has 0 aromatic heterocycles. The summed E-state index contributed by atoms with van der Waals surface area (Å²) in [5, 5.41) is 0. The average molecular weight is 1010 g/mol. The third-order valence-electron chi connectivity index (χ3n) is 13.4. The molecular formula is C60H116NO8P. The van der Waals surface area contributed by atoms with E-state index < -0.39 is 26.5 Å². The van der Waals surface area contributed by atoms with Crippen molar-refractivity contribution in [2.75, 3.05) is 47.5 Å². The Morgan fingerprint density at radius 3 is 1.06 bits per heavy atom. The predicted molar refractivity (Wildman–Crippen MR) is 296 cm³/mol. The third kappa shape index (κ3) is 55.8. The summed E-state index contributed by atoms with van der Waals surface area (Å²) in [5.74, 6) is -0.820. The topological polar surface area (TPSA) is 111 Å². The van der Waals surface area contributed by atoms with Gasteiger partial charge in [-0.05, 0) is 64.2 Å². The zero-order chi connectivity index (χ0) is 51.3. The minimum absolute atomic E-state index is 0.0286. The molecule has 0 bridgehead atoms. The minimum atomic E-state index is -4.63. The molecule has 0 saturated heterocycles. The highest BCUT2D eigenvalue weighted by atomic mass is 31.2. The zero-order valence-electron chi connectivity index (χ0n) is 47.0. The highest BCUT2D eigenvalue weighted by Gasteiger charge is 2.22. The Labute approximate surface area is 434 Å². The standard InChI is InChI=1S/C60H116NO8P/c1-6-8-10-12-14-16-18-20-22-24-26-27-28-29-30-31-32-33-35-37-39-41-43-45-47-49-51-53-60(63)69-58(57-68-70(64,65)67-55-54-61(3,4)5)56-66-59(62)52-50-48-46-44-42-40-38-36-34-25-23-21-19-17-15-13-11-9-7-2/h21,23-24,26,58H,6-20,22,25,27-57H2,1-5H3/b23-21-,26-24-. The fourth-order valence-electron chi connectivity index (χ4n) is 8.77. The largest absolute Gasteiger partial charge is 0.756 e. The number of phosphoric acid groups is 1. The number of allylic oxidation sites excluding steroid dienone is 4. The summed E-state index contributed by atoms with van der Waals surface area (Å²) in [4.78, 5) is 37.9. The van der Waals surface area contributed by atoms with E-state index in [9.17, 15) is 19.0 Å². The van der Waals surface area contributed by atoms with Gasteiger partial charge in [0.15, 0.2) is 6.10 Å². The number of hydrogen-bond acceptors (Lipinski definition) is 8. The fourth-order valence-corrected chi connectivity index (χ4v) is 9.49. The smallest absolute Gasteiger partial charge is 0.306 e. The van der Waals surface area contributed by atoms with Gasteiger partial charge >= 0.3 is 11.9 Å². The van der Waals surface area contributed by atoms with Gasteiger partial charge in [0.2, 0.25) is 0 Å². The van der Waals surface area contributed by atoms with E-state index in [1.165, 1.54) is 231 Å². The molecule has 9 nitrogen and oxygen atoms in total. The van der Waals surface area contributed by atoms with Crippen LogP contribution in [0.25, 0.3) is 0 Å². The van der Waals surface area contributed by atoms with E-state index in [2.05, 4.69) is 38.2 Å². The fraction of sp³-hybridized carbons (Fsp3) is 0.900. The average Bonchev–Trinajstić information content (AvgIpc) is 3.32. The normalized spacial score (nSPS) is 13.4. The Hall–Kier alpha value is -1.51. The monoisotopic (exact) mass is 1010 g/mol. The van der Waals surface area contributed by atoms with E-state index >= 15 is 0 Å². The van der Waals surface area contributed by atoms with Crippen LogP contribution < -0.4 is 4.89 Å². The SMILES string of the molecule is CCCCCCCC/C=C\CCCCCCCCCCCC(=O)OCC(COP(=O)([O-])OCC[N+](C)(C)C)OC(=O)CCCCCCCCCCCCCCCCC/C=C\CCCCCCCCCC. The number of carbonyl (C=O) groups is 2. The van der Waals surface area contributed by atoms with Crippen LogP contribution in [0.1, 0.15) is 296 Å². The molecule has 0 aromatic rings. The van der Waals surface area contributed by atoms with Crippen LogP contribution in [0, 0.1) is 0 Å². The molecule has 0 amide bonds. The summed E-state index contributed by atoms with van der Waals surface area (Å²) in [7, 11) is 1.18. The van der Waals surface area contributed by atoms with Crippen LogP contribution in [-0.4, -0.2) is 70.0 Å². The molecule has 0 N–H and O–H groups in total. The second kappa shape index (κ2) is 52.4. The van der Waals surface area contributed by atoms with Crippen LogP contribution in [0.5, 0.6) is 0 Å². The van der Waals surface area contributed by atoms with Gasteiger partial charge in [-0.25, -0.2) is 0 Å². The first-order valence-corrected chi connectivity index (χ1v) is 31.5. The van der Waals surface area contributed by atoms with E-state index in [1.54, 1.807) is 0 Å². The van der Waals surface area contributed by atoms with Crippen LogP contribution in [0.15, 0.2) is 24.3 Å². The minimum Gasteiger partial charge on any atom is -0.756 e. The quantitative estimate of drug-likeness (QED) is 0.0195. The number of esters is 2. The number of hydrogen-bond donors (Lipinski definition) is 0. The van der Waals surface area contributed by atoms with Gasteiger partial charge in [-0.15, -0.1) is 0 Å². The molecule has 0 spiro atoms. The maximum Gasteiger partial charge on any atom is 0.306 e. The third-order valence-corrected chi connectivity index (χ3v) is 14.4. The molecular weight excluding hydrogens is 894 g/mol. The first-order valence-electron chi connectivity index (χ1n) is 30.0. The van der Waals surface area contributed by atoms with E-state index in [-0.39, 0.29) is 32.0 Å². The van der Waals surface area contributed by atoms with Crippen molar-refractivity contribution in [1.82, 2.24) is 0 Å². The van der Waals surface area contributed by atoms with Crippen molar-refractivity contribution in [1.29, 1.82) is 0 Å². The molecule has 414 valence electrons. The highest BCUT2D eigenvalue weighted by molar-refractivity contribution is 7.45. The van der Waals surface area contributed by atoms with Gasteiger partial charge in [0, 0.05) is 12.8 Å². The zero-order valence-corrected chi connectivity index (χ0v) is 47.9. The van der Waals surface area contributed by atoms with E-state index in [1.807, 2.05) is 21.1 Å². The molecule has 0 aliphatic heterocycles. The van der Waals surface area contributed by atoms with Crippen LogP contribution in [0.4, 0.5) is 0 Å². The van der Waals surface area contributed by atoms with E-state index in [0.717, 1.165) is 32.1 Å². The maximum atomic E-state index is 12.8. The molecule has 0 aromatic carbocycles. The number of phosphoric ester groups is 1. The van der Waals surface area contributed by atoms with Crippen LogP contribution in [0.2, 0.25) is 0 Å². The summed E-state index contributed by atoms with van der Waals surface area (Å²) in [6, 6.07) is 0.